The third-order valence-electron chi connectivity index (χ3n) is 2.48. The molecule has 0 aromatic heterocycles. The molecule has 7 heteroatoms. The van der Waals surface area contributed by atoms with Gasteiger partial charge >= 0.3 is 6.18 Å². The minimum absolute atomic E-state index is 0.0543. The molecule has 1 aromatic rings. The summed E-state index contributed by atoms with van der Waals surface area (Å²) in [5.41, 5.74) is -0.944. The van der Waals surface area contributed by atoms with Crippen molar-refractivity contribution in [1.82, 2.24) is 5.32 Å². The fourth-order valence-corrected chi connectivity index (χ4v) is 1.68. The van der Waals surface area contributed by atoms with Gasteiger partial charge in [-0.25, -0.2) is 4.90 Å². The summed E-state index contributed by atoms with van der Waals surface area (Å²) in [6.45, 7) is -0.135. The van der Waals surface area contributed by atoms with Gasteiger partial charge in [0.25, 0.3) is 0 Å². The monoisotopic (exact) mass is 258 g/mol. The minimum Gasteiger partial charge on any atom is -0.300 e. The summed E-state index contributed by atoms with van der Waals surface area (Å²) >= 11 is 0. The van der Waals surface area contributed by atoms with Crippen LogP contribution in [0, 0.1) is 0 Å². The Morgan fingerprint density at radius 2 is 1.72 bits per heavy atom. The minimum atomic E-state index is -4.50. The van der Waals surface area contributed by atoms with E-state index in [0.29, 0.717) is 0 Å². The molecule has 1 aliphatic rings. The molecule has 0 unspecified atom stereocenters. The van der Waals surface area contributed by atoms with Crippen LogP contribution in [0.5, 0.6) is 0 Å². The van der Waals surface area contributed by atoms with Crippen LogP contribution in [0.15, 0.2) is 24.3 Å². The van der Waals surface area contributed by atoms with Gasteiger partial charge in [0.1, 0.15) is 0 Å². The number of nitrogens with one attached hydrogen (secondary N) is 1. The lowest BCUT2D eigenvalue weighted by Crippen LogP contribution is -2.52. The van der Waals surface area contributed by atoms with Gasteiger partial charge in [-0.2, -0.15) is 13.2 Å². The maximum Gasteiger partial charge on any atom is 0.416 e. The standard InChI is InChI=1S/C11H9F3N2O2/c12-11(13,14)7-2-1-3-8(4-7)16-9(17)5-15-6-10(16)18/h1-4,15H,5-6H2. The van der Waals surface area contributed by atoms with E-state index in [4.69, 9.17) is 0 Å². The third kappa shape index (κ3) is 2.35. The molecule has 1 N–H and O–H groups in total. The molecule has 4 nitrogen and oxygen atoms in total. The molecule has 1 aliphatic heterocycles. The second kappa shape index (κ2) is 4.41. The number of rotatable bonds is 1. The number of alkyl halides is 3. The van der Waals surface area contributed by atoms with Crippen molar-refractivity contribution >= 4 is 17.5 Å². The quantitative estimate of drug-likeness (QED) is 0.769. The second-order valence-corrected chi connectivity index (χ2v) is 3.77. The van der Waals surface area contributed by atoms with Gasteiger partial charge in [-0.15, -0.1) is 0 Å². The van der Waals surface area contributed by atoms with Crippen molar-refractivity contribution in [3.63, 3.8) is 0 Å². The Morgan fingerprint density at radius 3 is 2.28 bits per heavy atom. The summed E-state index contributed by atoms with van der Waals surface area (Å²) in [4.78, 5) is 23.8. The number of benzene rings is 1. The number of amides is 2. The average Bonchev–Trinajstić information content (AvgIpc) is 2.28. The zero-order valence-corrected chi connectivity index (χ0v) is 9.12. The smallest absolute Gasteiger partial charge is 0.300 e. The van der Waals surface area contributed by atoms with E-state index >= 15 is 0 Å². The predicted molar refractivity (Wildman–Crippen MR) is 56.8 cm³/mol. The largest absolute Gasteiger partial charge is 0.416 e. The SMILES string of the molecule is O=C1CNCC(=O)N1c1cccc(C(F)(F)F)c1. The number of hydrogen-bond acceptors (Lipinski definition) is 3. The molecule has 0 spiro atoms. The van der Waals surface area contributed by atoms with Gasteiger partial charge in [-0.05, 0) is 18.2 Å². The van der Waals surface area contributed by atoms with Crippen molar-refractivity contribution in [1.29, 1.82) is 0 Å². The third-order valence-corrected chi connectivity index (χ3v) is 2.48. The van der Waals surface area contributed by atoms with Crippen molar-refractivity contribution in [2.45, 2.75) is 6.18 Å². The Labute approximate surface area is 100 Å². The molecule has 1 heterocycles. The number of piperazine rings is 1. The van der Waals surface area contributed by atoms with E-state index in [1.807, 2.05) is 0 Å². The van der Waals surface area contributed by atoms with Crippen molar-refractivity contribution in [2.75, 3.05) is 18.0 Å². The van der Waals surface area contributed by atoms with Crippen LogP contribution in [-0.2, 0) is 15.8 Å². The molecule has 1 saturated heterocycles. The van der Waals surface area contributed by atoms with E-state index in [1.165, 1.54) is 12.1 Å². The topological polar surface area (TPSA) is 49.4 Å². The first-order valence-corrected chi connectivity index (χ1v) is 5.13. The zero-order valence-electron chi connectivity index (χ0n) is 9.12. The molecule has 0 bridgehead atoms. The Hall–Kier alpha value is -1.89. The summed E-state index contributed by atoms with van der Waals surface area (Å²) in [5, 5.41) is 2.57. The number of halogens is 3. The van der Waals surface area contributed by atoms with Crippen molar-refractivity contribution in [3.05, 3.63) is 29.8 Å². The van der Waals surface area contributed by atoms with Crippen LogP contribution in [0.4, 0.5) is 18.9 Å². The molecule has 96 valence electrons. The summed E-state index contributed by atoms with van der Waals surface area (Å²) in [6, 6.07) is 4.15. The highest BCUT2D eigenvalue weighted by Crippen LogP contribution is 2.31. The van der Waals surface area contributed by atoms with E-state index in [0.717, 1.165) is 17.0 Å². The molecule has 0 radical (unpaired) electrons. The van der Waals surface area contributed by atoms with Gasteiger partial charge in [-0.1, -0.05) is 6.07 Å². The number of hydrogen-bond donors (Lipinski definition) is 1. The maximum absolute atomic E-state index is 12.5. The van der Waals surface area contributed by atoms with Crippen molar-refractivity contribution in [3.8, 4) is 0 Å². The lowest BCUT2D eigenvalue weighted by atomic mass is 10.1. The van der Waals surface area contributed by atoms with Gasteiger partial charge in [0.15, 0.2) is 0 Å². The highest BCUT2D eigenvalue weighted by molar-refractivity contribution is 6.17. The molecule has 1 fully saturated rings. The Bertz CT molecular complexity index is 483. The first-order valence-electron chi connectivity index (χ1n) is 5.13. The van der Waals surface area contributed by atoms with Crippen molar-refractivity contribution in [2.24, 2.45) is 0 Å². The van der Waals surface area contributed by atoms with Gasteiger partial charge in [0.2, 0.25) is 11.8 Å². The molecular weight excluding hydrogens is 249 g/mol. The molecule has 0 saturated carbocycles. The van der Waals surface area contributed by atoms with Crippen molar-refractivity contribution < 1.29 is 22.8 Å². The maximum atomic E-state index is 12.5. The Kier molecular flexibility index (Phi) is 3.08. The zero-order chi connectivity index (χ0) is 13.3. The number of nitrogens with zero attached hydrogens (tertiary/aromatic N) is 1. The first kappa shape index (κ1) is 12.6. The Morgan fingerprint density at radius 1 is 1.11 bits per heavy atom. The molecule has 18 heavy (non-hydrogen) atoms. The van der Waals surface area contributed by atoms with Gasteiger partial charge in [0.05, 0.1) is 24.3 Å². The van der Waals surface area contributed by atoms with Crippen LogP contribution in [0.25, 0.3) is 0 Å². The molecule has 0 aliphatic carbocycles. The predicted octanol–water partition coefficient (Wildman–Crippen LogP) is 1.17. The number of carbonyl (C=O) groups is 2. The van der Waals surface area contributed by atoms with E-state index in [1.54, 1.807) is 0 Å². The second-order valence-electron chi connectivity index (χ2n) is 3.77. The van der Waals surface area contributed by atoms with Gasteiger partial charge in [0, 0.05) is 0 Å². The normalized spacial score (nSPS) is 17.2. The fraction of sp³-hybridized carbons (Fsp3) is 0.273. The lowest BCUT2D eigenvalue weighted by molar-refractivity contribution is -0.138. The number of imide groups is 1. The van der Waals surface area contributed by atoms with Crippen LogP contribution in [0.1, 0.15) is 5.56 Å². The van der Waals surface area contributed by atoms with Crippen LogP contribution in [0.2, 0.25) is 0 Å². The summed E-state index contributed by atoms with van der Waals surface area (Å²) in [6.07, 6.45) is -4.50. The molecule has 1 aromatic carbocycles. The van der Waals surface area contributed by atoms with Gasteiger partial charge < -0.3 is 0 Å². The molecule has 2 rings (SSSR count). The summed E-state index contributed by atoms with van der Waals surface area (Å²) in [5.74, 6) is -1.13. The molecular formula is C11H9F3N2O2. The fourth-order valence-electron chi connectivity index (χ4n) is 1.68. The van der Waals surface area contributed by atoms with Gasteiger partial charge in [-0.3, -0.25) is 14.9 Å². The highest BCUT2D eigenvalue weighted by atomic mass is 19.4. The highest BCUT2D eigenvalue weighted by Gasteiger charge is 2.33. The molecule has 0 atom stereocenters. The summed E-state index contributed by atoms with van der Waals surface area (Å²) < 4.78 is 37.6. The first-order chi connectivity index (χ1) is 8.39. The summed E-state index contributed by atoms with van der Waals surface area (Å²) in [7, 11) is 0. The van der Waals surface area contributed by atoms with E-state index < -0.39 is 23.6 Å². The molecule has 2 amide bonds. The van der Waals surface area contributed by atoms with E-state index in [-0.39, 0.29) is 18.8 Å². The number of anilines is 1. The number of carbonyl (C=O) groups excluding carboxylic acids is 2. The van der Waals surface area contributed by atoms with Crippen LogP contribution >= 0.6 is 0 Å². The van der Waals surface area contributed by atoms with E-state index in [2.05, 4.69) is 5.32 Å². The van der Waals surface area contributed by atoms with Crippen LogP contribution < -0.4 is 10.2 Å². The van der Waals surface area contributed by atoms with E-state index in [9.17, 15) is 22.8 Å². The van der Waals surface area contributed by atoms with Crippen LogP contribution in [-0.4, -0.2) is 24.9 Å². The lowest BCUT2D eigenvalue weighted by Gasteiger charge is -2.26. The Balaban J connectivity index is 2.38. The average molecular weight is 258 g/mol. The van der Waals surface area contributed by atoms with Crippen LogP contribution in [0.3, 0.4) is 0 Å².